The molecule has 0 saturated heterocycles. The Morgan fingerprint density at radius 2 is 2.04 bits per heavy atom. The van der Waals surface area contributed by atoms with Gasteiger partial charge in [-0.15, -0.1) is 0 Å². The number of rotatable bonds is 6. The minimum atomic E-state index is -0.660. The van der Waals surface area contributed by atoms with Crippen molar-refractivity contribution in [2.75, 3.05) is 7.11 Å². The van der Waals surface area contributed by atoms with Crippen molar-refractivity contribution in [3.63, 3.8) is 0 Å². The predicted molar refractivity (Wildman–Crippen MR) is 101 cm³/mol. The fourth-order valence-electron chi connectivity index (χ4n) is 2.02. The first-order chi connectivity index (χ1) is 12.5. The molecule has 0 spiro atoms. The number of ether oxygens (including phenoxy) is 1. The minimum Gasteiger partial charge on any atom is -0.496 e. The van der Waals surface area contributed by atoms with E-state index in [-0.39, 0.29) is 0 Å². The predicted octanol–water partition coefficient (Wildman–Crippen LogP) is 2.74. The van der Waals surface area contributed by atoms with Crippen molar-refractivity contribution in [2.24, 2.45) is 5.10 Å². The standard InChI is InChI=1S/C18H16BrN3O4/c1-26-16-7-6-15(19)10-14(16)11-20-21-18(24)13-4-2-3-12(9-13)5-8-17(23)22-25/h2-11,25H,1H3,(H,21,24)(H,22,23). The molecule has 0 atom stereocenters. The van der Waals surface area contributed by atoms with Crippen molar-refractivity contribution in [3.8, 4) is 5.75 Å². The second-order valence-corrected chi connectivity index (χ2v) is 5.94. The van der Waals surface area contributed by atoms with E-state index in [4.69, 9.17) is 9.94 Å². The van der Waals surface area contributed by atoms with Crippen molar-refractivity contribution >= 4 is 40.0 Å². The number of hydroxylamine groups is 1. The van der Waals surface area contributed by atoms with Crippen LogP contribution in [0.15, 0.2) is 58.1 Å². The average molecular weight is 418 g/mol. The van der Waals surface area contributed by atoms with Gasteiger partial charge in [-0.25, -0.2) is 10.9 Å². The molecule has 2 rings (SSSR count). The summed E-state index contributed by atoms with van der Waals surface area (Å²) in [4.78, 5) is 23.2. The highest BCUT2D eigenvalue weighted by atomic mass is 79.9. The molecule has 0 aliphatic rings. The van der Waals surface area contributed by atoms with Gasteiger partial charge in [0, 0.05) is 21.7 Å². The first-order valence-corrected chi connectivity index (χ1v) is 8.22. The molecule has 7 nitrogen and oxygen atoms in total. The number of nitrogens with zero attached hydrogens (tertiary/aromatic N) is 1. The Morgan fingerprint density at radius 3 is 2.77 bits per heavy atom. The fraction of sp³-hybridized carbons (Fsp3) is 0.0556. The Labute approximate surface area is 158 Å². The van der Waals surface area contributed by atoms with E-state index in [1.54, 1.807) is 37.4 Å². The van der Waals surface area contributed by atoms with Crippen molar-refractivity contribution in [2.45, 2.75) is 0 Å². The van der Waals surface area contributed by atoms with Crippen LogP contribution >= 0.6 is 15.9 Å². The second kappa shape index (κ2) is 9.50. The lowest BCUT2D eigenvalue weighted by Gasteiger charge is -2.05. The van der Waals surface area contributed by atoms with Crippen LogP contribution in [0, 0.1) is 0 Å². The number of nitrogens with one attached hydrogen (secondary N) is 2. The third-order valence-corrected chi connectivity index (χ3v) is 3.74. The molecule has 0 fully saturated rings. The van der Waals surface area contributed by atoms with E-state index in [1.165, 1.54) is 17.8 Å². The second-order valence-electron chi connectivity index (χ2n) is 5.02. The maximum absolute atomic E-state index is 12.2. The summed E-state index contributed by atoms with van der Waals surface area (Å²) in [5.41, 5.74) is 5.63. The van der Waals surface area contributed by atoms with E-state index in [0.29, 0.717) is 22.4 Å². The lowest BCUT2D eigenvalue weighted by atomic mass is 10.1. The minimum absolute atomic E-state index is 0.370. The van der Waals surface area contributed by atoms with E-state index in [0.717, 1.165) is 10.5 Å². The molecule has 2 aromatic rings. The van der Waals surface area contributed by atoms with E-state index < -0.39 is 11.8 Å². The fourth-order valence-corrected chi connectivity index (χ4v) is 2.40. The van der Waals surface area contributed by atoms with Gasteiger partial charge in [0.1, 0.15) is 5.75 Å². The van der Waals surface area contributed by atoms with Crippen LogP contribution in [-0.2, 0) is 4.79 Å². The zero-order valence-electron chi connectivity index (χ0n) is 13.8. The molecule has 26 heavy (non-hydrogen) atoms. The largest absolute Gasteiger partial charge is 0.496 e. The van der Waals surface area contributed by atoms with Crippen LogP contribution in [0.25, 0.3) is 6.08 Å². The van der Waals surface area contributed by atoms with Gasteiger partial charge in [-0.05, 0) is 42.0 Å². The van der Waals surface area contributed by atoms with Crippen LogP contribution in [-0.4, -0.2) is 30.3 Å². The number of hydrogen-bond acceptors (Lipinski definition) is 5. The summed E-state index contributed by atoms with van der Waals surface area (Å²) in [5.74, 6) is -0.440. The molecule has 2 aromatic carbocycles. The van der Waals surface area contributed by atoms with Crippen molar-refractivity contribution in [1.82, 2.24) is 10.9 Å². The number of benzene rings is 2. The number of halogens is 1. The molecule has 3 N–H and O–H groups in total. The van der Waals surface area contributed by atoms with Crippen molar-refractivity contribution in [3.05, 3.63) is 69.7 Å². The van der Waals surface area contributed by atoms with Crippen LogP contribution in [0.3, 0.4) is 0 Å². The van der Waals surface area contributed by atoms with Gasteiger partial charge in [-0.2, -0.15) is 5.10 Å². The van der Waals surface area contributed by atoms with Gasteiger partial charge in [0.15, 0.2) is 0 Å². The third kappa shape index (κ3) is 5.54. The summed E-state index contributed by atoms with van der Waals surface area (Å²) in [6, 6.07) is 12.0. The number of hydrogen-bond donors (Lipinski definition) is 3. The summed E-state index contributed by atoms with van der Waals surface area (Å²) in [6.07, 6.45) is 4.10. The SMILES string of the molecule is COc1ccc(Br)cc1C=NNC(=O)c1cccc(C=CC(=O)NO)c1. The highest BCUT2D eigenvalue weighted by Crippen LogP contribution is 2.21. The van der Waals surface area contributed by atoms with Crippen LogP contribution < -0.4 is 15.6 Å². The highest BCUT2D eigenvalue weighted by Gasteiger charge is 2.05. The Morgan fingerprint density at radius 1 is 1.23 bits per heavy atom. The summed E-state index contributed by atoms with van der Waals surface area (Å²) >= 11 is 3.37. The molecule has 0 heterocycles. The van der Waals surface area contributed by atoms with Gasteiger partial charge in [-0.1, -0.05) is 28.1 Å². The van der Waals surface area contributed by atoms with Gasteiger partial charge >= 0.3 is 0 Å². The Hall–Kier alpha value is -2.97. The Balaban J connectivity index is 2.07. The monoisotopic (exact) mass is 417 g/mol. The summed E-state index contributed by atoms with van der Waals surface area (Å²) in [6.45, 7) is 0. The third-order valence-electron chi connectivity index (χ3n) is 3.25. The van der Waals surface area contributed by atoms with E-state index in [9.17, 15) is 9.59 Å². The number of methoxy groups -OCH3 is 1. The van der Waals surface area contributed by atoms with Gasteiger partial charge < -0.3 is 4.74 Å². The molecule has 8 heteroatoms. The van der Waals surface area contributed by atoms with E-state index in [2.05, 4.69) is 26.5 Å². The van der Waals surface area contributed by atoms with E-state index in [1.807, 2.05) is 12.1 Å². The summed E-state index contributed by atoms with van der Waals surface area (Å²) in [7, 11) is 1.55. The maximum Gasteiger partial charge on any atom is 0.271 e. The van der Waals surface area contributed by atoms with Crippen LogP contribution in [0.1, 0.15) is 21.5 Å². The maximum atomic E-state index is 12.2. The van der Waals surface area contributed by atoms with Crippen LogP contribution in [0.5, 0.6) is 5.75 Å². The van der Waals surface area contributed by atoms with E-state index >= 15 is 0 Å². The van der Waals surface area contributed by atoms with Crippen molar-refractivity contribution < 1.29 is 19.5 Å². The van der Waals surface area contributed by atoms with Gasteiger partial charge in [0.05, 0.1) is 13.3 Å². The molecule has 0 radical (unpaired) electrons. The zero-order valence-corrected chi connectivity index (χ0v) is 15.4. The highest BCUT2D eigenvalue weighted by molar-refractivity contribution is 9.10. The molecule has 0 aliphatic carbocycles. The first-order valence-electron chi connectivity index (χ1n) is 7.42. The van der Waals surface area contributed by atoms with Gasteiger partial charge in [0.2, 0.25) is 0 Å². The quantitative estimate of drug-likeness (QED) is 0.291. The molecular weight excluding hydrogens is 402 g/mol. The number of carbonyl (C=O) groups excluding carboxylic acids is 2. The molecule has 0 unspecified atom stereocenters. The first kappa shape index (κ1) is 19.4. The lowest BCUT2D eigenvalue weighted by molar-refractivity contribution is -0.124. The topological polar surface area (TPSA) is 100 Å². The Bertz CT molecular complexity index is 865. The van der Waals surface area contributed by atoms with Crippen molar-refractivity contribution in [1.29, 1.82) is 0 Å². The summed E-state index contributed by atoms with van der Waals surface area (Å²) in [5, 5.41) is 12.4. The molecule has 0 saturated carbocycles. The zero-order chi connectivity index (χ0) is 18.9. The molecule has 134 valence electrons. The number of amides is 2. The lowest BCUT2D eigenvalue weighted by Crippen LogP contribution is -2.17. The smallest absolute Gasteiger partial charge is 0.271 e. The van der Waals surface area contributed by atoms with Gasteiger partial charge in [-0.3, -0.25) is 14.8 Å². The Kier molecular flexibility index (Phi) is 7.07. The van der Waals surface area contributed by atoms with Crippen LogP contribution in [0.4, 0.5) is 0 Å². The molecular formula is C18H16BrN3O4. The normalized spacial score (nSPS) is 10.9. The molecule has 0 aliphatic heterocycles. The summed E-state index contributed by atoms with van der Waals surface area (Å²) < 4.78 is 6.09. The number of carbonyl (C=O) groups is 2. The van der Waals surface area contributed by atoms with Crippen LogP contribution in [0.2, 0.25) is 0 Å². The van der Waals surface area contributed by atoms with Gasteiger partial charge in [0.25, 0.3) is 11.8 Å². The average Bonchev–Trinajstić information content (AvgIpc) is 2.66. The molecule has 0 aromatic heterocycles. The molecule has 2 amide bonds. The molecule has 0 bridgehead atoms. The number of hydrazone groups is 1.